The lowest BCUT2D eigenvalue weighted by Gasteiger charge is -2.42. The van der Waals surface area contributed by atoms with Crippen LogP contribution in [0.4, 0.5) is 13.2 Å². The first-order valence-electron chi connectivity index (χ1n) is 7.47. The maximum atomic E-state index is 12.2. The summed E-state index contributed by atoms with van der Waals surface area (Å²) in [4.78, 5) is 2.39. The number of nitrogens with zero attached hydrogens (tertiary/aromatic N) is 1. The van der Waals surface area contributed by atoms with Gasteiger partial charge in [0.15, 0.2) is 0 Å². The van der Waals surface area contributed by atoms with Gasteiger partial charge in [-0.2, -0.15) is 0 Å². The minimum atomic E-state index is -4.65. The Morgan fingerprint density at radius 1 is 1.00 bits per heavy atom. The molecule has 0 saturated carbocycles. The zero-order valence-corrected chi connectivity index (χ0v) is 15.7. The van der Waals surface area contributed by atoms with E-state index in [-0.39, 0.29) is 42.0 Å². The summed E-state index contributed by atoms with van der Waals surface area (Å²) in [6.07, 6.45) is -4.65. The number of nitrogens with one attached hydrogen (secondary N) is 1. The SMILES string of the molecule is CC(C)(C)[C@H](c1ccc(OC(F)(F)F)cc1)N1CCNCC1.Cl.Cl. The van der Waals surface area contributed by atoms with Crippen molar-refractivity contribution in [1.82, 2.24) is 10.2 Å². The van der Waals surface area contributed by atoms with Crippen LogP contribution in [0.25, 0.3) is 0 Å². The molecule has 0 spiro atoms. The molecular formula is C16H25Cl2F3N2O. The minimum absolute atomic E-state index is 0. The Hall–Kier alpha value is -0.690. The molecule has 1 saturated heterocycles. The second kappa shape index (κ2) is 9.13. The lowest BCUT2D eigenvalue weighted by molar-refractivity contribution is -0.274. The van der Waals surface area contributed by atoms with Gasteiger partial charge in [0.05, 0.1) is 0 Å². The van der Waals surface area contributed by atoms with Gasteiger partial charge in [-0.05, 0) is 23.1 Å². The molecule has 1 fully saturated rings. The smallest absolute Gasteiger partial charge is 0.406 e. The normalized spacial score (nSPS) is 17.4. The van der Waals surface area contributed by atoms with Gasteiger partial charge in [-0.1, -0.05) is 32.9 Å². The third-order valence-electron chi connectivity index (χ3n) is 3.77. The van der Waals surface area contributed by atoms with Crippen LogP contribution in [0.5, 0.6) is 5.75 Å². The number of ether oxygens (including phenoxy) is 1. The van der Waals surface area contributed by atoms with Gasteiger partial charge in [-0.3, -0.25) is 4.90 Å². The zero-order chi connectivity index (χ0) is 16.4. The van der Waals surface area contributed by atoms with Crippen molar-refractivity contribution in [1.29, 1.82) is 0 Å². The largest absolute Gasteiger partial charge is 0.573 e. The Labute approximate surface area is 153 Å². The number of halogens is 5. The summed E-state index contributed by atoms with van der Waals surface area (Å²) < 4.78 is 40.7. The van der Waals surface area contributed by atoms with Crippen molar-refractivity contribution in [2.45, 2.75) is 33.2 Å². The Bertz CT molecular complexity index is 484. The molecule has 0 unspecified atom stereocenters. The first-order valence-corrected chi connectivity index (χ1v) is 7.47. The highest BCUT2D eigenvalue weighted by Crippen LogP contribution is 2.38. The van der Waals surface area contributed by atoms with Crippen LogP contribution in [0.3, 0.4) is 0 Å². The van der Waals surface area contributed by atoms with E-state index in [2.05, 4.69) is 35.7 Å². The van der Waals surface area contributed by atoms with Gasteiger partial charge in [0, 0.05) is 32.2 Å². The van der Waals surface area contributed by atoms with E-state index < -0.39 is 6.36 Å². The molecule has 1 aromatic rings. The van der Waals surface area contributed by atoms with Crippen LogP contribution in [0.15, 0.2) is 24.3 Å². The predicted molar refractivity (Wildman–Crippen MR) is 94.3 cm³/mol. The van der Waals surface area contributed by atoms with Crippen molar-refractivity contribution in [2.24, 2.45) is 5.41 Å². The summed E-state index contributed by atoms with van der Waals surface area (Å²) in [6.45, 7) is 10.2. The molecule has 3 nitrogen and oxygen atoms in total. The maximum Gasteiger partial charge on any atom is 0.573 e. The third kappa shape index (κ3) is 6.67. The van der Waals surface area contributed by atoms with Gasteiger partial charge in [-0.25, -0.2) is 0 Å². The first kappa shape index (κ1) is 23.3. The number of hydrogen-bond donors (Lipinski definition) is 1. The van der Waals surface area contributed by atoms with Crippen molar-refractivity contribution >= 4 is 24.8 Å². The van der Waals surface area contributed by atoms with Crippen molar-refractivity contribution in [3.8, 4) is 5.75 Å². The third-order valence-corrected chi connectivity index (χ3v) is 3.77. The number of benzene rings is 1. The number of alkyl halides is 3. The number of hydrogen-bond acceptors (Lipinski definition) is 3. The van der Waals surface area contributed by atoms with E-state index >= 15 is 0 Å². The lowest BCUT2D eigenvalue weighted by Crippen LogP contribution is -2.48. The fourth-order valence-electron chi connectivity index (χ4n) is 3.05. The van der Waals surface area contributed by atoms with Crippen LogP contribution in [0.2, 0.25) is 0 Å². The first-order chi connectivity index (χ1) is 10.2. The second-order valence-electron chi connectivity index (χ2n) is 6.67. The summed E-state index contributed by atoms with van der Waals surface area (Å²) in [6, 6.07) is 6.42. The summed E-state index contributed by atoms with van der Waals surface area (Å²) in [5, 5.41) is 3.32. The fourth-order valence-corrected chi connectivity index (χ4v) is 3.05. The molecule has 0 amide bonds. The Morgan fingerprint density at radius 2 is 1.50 bits per heavy atom. The van der Waals surface area contributed by atoms with E-state index in [1.54, 1.807) is 12.1 Å². The van der Waals surface area contributed by atoms with E-state index in [0.717, 1.165) is 31.7 Å². The van der Waals surface area contributed by atoms with Crippen LogP contribution in [0, 0.1) is 5.41 Å². The molecule has 24 heavy (non-hydrogen) atoms. The van der Waals surface area contributed by atoms with Crippen molar-refractivity contribution in [3.63, 3.8) is 0 Å². The molecule has 0 aromatic heterocycles. The average molecular weight is 389 g/mol. The van der Waals surface area contributed by atoms with Gasteiger partial charge in [-0.15, -0.1) is 38.0 Å². The van der Waals surface area contributed by atoms with E-state index in [1.165, 1.54) is 12.1 Å². The monoisotopic (exact) mass is 388 g/mol. The van der Waals surface area contributed by atoms with Crippen LogP contribution >= 0.6 is 24.8 Å². The van der Waals surface area contributed by atoms with Crippen molar-refractivity contribution < 1.29 is 17.9 Å². The molecule has 0 bridgehead atoms. The molecule has 1 heterocycles. The van der Waals surface area contributed by atoms with Gasteiger partial charge in [0.25, 0.3) is 0 Å². The molecule has 1 aliphatic heterocycles. The molecule has 1 atom stereocenters. The van der Waals surface area contributed by atoms with Crippen LogP contribution < -0.4 is 10.1 Å². The molecule has 2 rings (SSSR count). The zero-order valence-electron chi connectivity index (χ0n) is 14.0. The predicted octanol–water partition coefficient (Wildman–Crippen LogP) is 4.42. The average Bonchev–Trinajstić information content (AvgIpc) is 2.39. The molecule has 1 N–H and O–H groups in total. The van der Waals surface area contributed by atoms with E-state index in [4.69, 9.17) is 0 Å². The van der Waals surface area contributed by atoms with Crippen LogP contribution in [-0.4, -0.2) is 37.4 Å². The topological polar surface area (TPSA) is 24.5 Å². The summed E-state index contributed by atoms with van der Waals surface area (Å²) >= 11 is 0. The quantitative estimate of drug-likeness (QED) is 0.828. The Balaban J connectivity index is 0.00000264. The van der Waals surface area contributed by atoms with E-state index in [1.807, 2.05) is 0 Å². The summed E-state index contributed by atoms with van der Waals surface area (Å²) in [5.41, 5.74) is 1.01. The fraction of sp³-hybridized carbons (Fsp3) is 0.625. The van der Waals surface area contributed by atoms with Gasteiger partial charge < -0.3 is 10.1 Å². The highest BCUT2D eigenvalue weighted by Gasteiger charge is 2.33. The molecule has 1 aliphatic rings. The molecule has 0 aliphatic carbocycles. The number of rotatable bonds is 3. The van der Waals surface area contributed by atoms with Crippen molar-refractivity contribution in [3.05, 3.63) is 29.8 Å². The molecule has 0 radical (unpaired) electrons. The van der Waals surface area contributed by atoms with Crippen LogP contribution in [0.1, 0.15) is 32.4 Å². The van der Waals surface area contributed by atoms with E-state index in [0.29, 0.717) is 0 Å². The van der Waals surface area contributed by atoms with Gasteiger partial charge >= 0.3 is 6.36 Å². The molecule has 140 valence electrons. The highest BCUT2D eigenvalue weighted by atomic mass is 35.5. The highest BCUT2D eigenvalue weighted by molar-refractivity contribution is 5.85. The summed E-state index contributed by atoms with van der Waals surface area (Å²) in [5.74, 6) is -0.177. The Morgan fingerprint density at radius 3 is 1.92 bits per heavy atom. The van der Waals surface area contributed by atoms with E-state index in [9.17, 15) is 13.2 Å². The maximum absolute atomic E-state index is 12.2. The lowest BCUT2D eigenvalue weighted by atomic mass is 9.81. The minimum Gasteiger partial charge on any atom is -0.406 e. The molecular weight excluding hydrogens is 364 g/mol. The molecule has 8 heteroatoms. The van der Waals surface area contributed by atoms with Gasteiger partial charge in [0.2, 0.25) is 0 Å². The van der Waals surface area contributed by atoms with Crippen LogP contribution in [-0.2, 0) is 0 Å². The number of piperazine rings is 1. The molecule has 1 aromatic carbocycles. The standard InChI is InChI=1S/C16H23F3N2O.2ClH/c1-15(2,3)14(21-10-8-20-9-11-21)12-4-6-13(7-5-12)22-16(17,18)19;;/h4-7,14,20H,8-11H2,1-3H3;2*1H/t14-;;/m0../s1. The summed E-state index contributed by atoms with van der Waals surface area (Å²) in [7, 11) is 0. The van der Waals surface area contributed by atoms with Crippen molar-refractivity contribution in [2.75, 3.05) is 26.2 Å². The Kier molecular flexibility index (Phi) is 8.87. The second-order valence-corrected chi connectivity index (χ2v) is 6.67. The van der Waals surface area contributed by atoms with Gasteiger partial charge in [0.1, 0.15) is 5.75 Å².